The number of nitrogens with zero attached hydrogens (tertiary/aromatic N) is 1. The van der Waals surface area contributed by atoms with Crippen molar-refractivity contribution in [3.05, 3.63) is 178 Å². The number of rotatable bonds is 3. The van der Waals surface area contributed by atoms with Crippen LogP contribution in [0.5, 0.6) is 0 Å². The Morgan fingerprint density at radius 1 is 0.551 bits per heavy atom. The van der Waals surface area contributed by atoms with Crippen LogP contribution in [0.1, 0.15) is 73.1 Å². The van der Waals surface area contributed by atoms with Gasteiger partial charge in [0.2, 0.25) is 0 Å². The van der Waals surface area contributed by atoms with Gasteiger partial charge >= 0.3 is 0 Å². The topological polar surface area (TPSA) is 3.24 Å². The van der Waals surface area contributed by atoms with Crippen molar-refractivity contribution in [1.82, 2.24) is 0 Å². The lowest BCUT2D eigenvalue weighted by atomic mass is 9.66. The fourth-order valence-electron chi connectivity index (χ4n) is 10.2. The largest absolute Gasteiger partial charge is 0.312 e. The molecule has 0 amide bonds. The van der Waals surface area contributed by atoms with E-state index in [1.165, 1.54) is 95.0 Å². The van der Waals surface area contributed by atoms with E-state index in [1.807, 2.05) is 0 Å². The number of allylic oxidation sites excluding steroid dienone is 6. The van der Waals surface area contributed by atoms with Gasteiger partial charge in [-0.3, -0.25) is 0 Å². The van der Waals surface area contributed by atoms with E-state index in [1.54, 1.807) is 0 Å². The standard InChI is InChI=1S/C48H41N/c1-29-15-7-8-17-32(29)42-30(2)16-11-19-33(42)31-27-41-48(28-31)26-14-23-38-45(48)44-37(47(38,5)6)22-13-25-40(44)49(41)39-24-12-21-36-43(39)34-18-9-10-20-35(34)46(36,3)4/h7-25,27-28H,26H2,1-6H3. The van der Waals surface area contributed by atoms with E-state index in [-0.39, 0.29) is 16.2 Å². The fraction of sp³-hybridized carbons (Fsp3) is 0.208. The van der Waals surface area contributed by atoms with Crippen LogP contribution in [-0.4, -0.2) is 0 Å². The summed E-state index contributed by atoms with van der Waals surface area (Å²) in [6.07, 6.45) is 11.0. The summed E-state index contributed by atoms with van der Waals surface area (Å²) in [5, 5.41) is 0. The average molecular weight is 632 g/mol. The molecule has 1 heteroatoms. The molecular weight excluding hydrogens is 591 g/mol. The zero-order valence-electron chi connectivity index (χ0n) is 29.3. The van der Waals surface area contributed by atoms with Crippen LogP contribution in [0.2, 0.25) is 0 Å². The highest BCUT2D eigenvalue weighted by Crippen LogP contribution is 2.69. The Morgan fingerprint density at radius 2 is 1.16 bits per heavy atom. The highest BCUT2D eigenvalue weighted by molar-refractivity contribution is 6.07. The first-order valence-corrected chi connectivity index (χ1v) is 17.8. The molecule has 4 aliphatic carbocycles. The third kappa shape index (κ3) is 3.51. The molecule has 10 rings (SSSR count). The van der Waals surface area contributed by atoms with E-state index >= 15 is 0 Å². The Morgan fingerprint density at radius 3 is 1.94 bits per heavy atom. The summed E-state index contributed by atoms with van der Waals surface area (Å²) in [6, 6.07) is 38.9. The summed E-state index contributed by atoms with van der Waals surface area (Å²) >= 11 is 0. The van der Waals surface area contributed by atoms with Crippen molar-refractivity contribution < 1.29 is 0 Å². The molecule has 0 aromatic heterocycles. The highest BCUT2D eigenvalue weighted by Gasteiger charge is 2.56. The maximum atomic E-state index is 2.67. The van der Waals surface area contributed by atoms with Crippen LogP contribution in [0.25, 0.3) is 33.4 Å². The first-order valence-electron chi connectivity index (χ1n) is 17.8. The van der Waals surface area contributed by atoms with E-state index in [9.17, 15) is 0 Å². The molecule has 1 spiro atoms. The van der Waals surface area contributed by atoms with Crippen molar-refractivity contribution in [2.24, 2.45) is 5.41 Å². The SMILES string of the molecule is Cc1ccccc1-c1c(C)cccc1C1=CC23CC=CC4=C2c2c(cccc2C4(C)C)N(c2cccc4c2-c2ccccc2C4(C)C)C3=C1. The van der Waals surface area contributed by atoms with Gasteiger partial charge in [0.1, 0.15) is 0 Å². The van der Waals surface area contributed by atoms with Crippen LogP contribution in [0.4, 0.5) is 11.4 Å². The van der Waals surface area contributed by atoms with Crippen LogP contribution in [0.3, 0.4) is 0 Å². The molecule has 0 N–H and O–H groups in total. The van der Waals surface area contributed by atoms with Gasteiger partial charge in [-0.1, -0.05) is 137 Å². The molecule has 1 aliphatic heterocycles. The van der Waals surface area contributed by atoms with Gasteiger partial charge in [-0.25, -0.2) is 0 Å². The van der Waals surface area contributed by atoms with Crippen LogP contribution in [0, 0.1) is 19.3 Å². The highest BCUT2D eigenvalue weighted by atomic mass is 15.2. The maximum Gasteiger partial charge on any atom is 0.0591 e. The van der Waals surface area contributed by atoms with Crippen molar-refractivity contribution >= 4 is 22.5 Å². The lowest BCUT2D eigenvalue weighted by molar-refractivity contribution is 0.588. The van der Waals surface area contributed by atoms with Crippen molar-refractivity contribution in [3.63, 3.8) is 0 Å². The number of anilines is 2. The zero-order valence-corrected chi connectivity index (χ0v) is 29.3. The molecule has 1 nitrogen and oxygen atoms in total. The molecule has 0 radical (unpaired) electrons. The third-order valence-electron chi connectivity index (χ3n) is 12.5. The molecule has 5 aliphatic rings. The maximum absolute atomic E-state index is 2.67. The molecule has 5 aromatic carbocycles. The van der Waals surface area contributed by atoms with E-state index in [0.717, 1.165) is 6.42 Å². The molecule has 1 atom stereocenters. The van der Waals surface area contributed by atoms with E-state index in [0.29, 0.717) is 0 Å². The average Bonchev–Trinajstić information content (AvgIpc) is 3.68. The first kappa shape index (κ1) is 28.8. The second-order valence-corrected chi connectivity index (χ2v) is 15.8. The summed E-state index contributed by atoms with van der Waals surface area (Å²) in [7, 11) is 0. The zero-order chi connectivity index (χ0) is 33.4. The molecule has 0 fully saturated rings. The second kappa shape index (κ2) is 9.51. The Hall–Kier alpha value is -5.14. The van der Waals surface area contributed by atoms with Gasteiger partial charge in [-0.05, 0) is 105 Å². The predicted octanol–water partition coefficient (Wildman–Crippen LogP) is 12.4. The van der Waals surface area contributed by atoms with Crippen LogP contribution in [0.15, 0.2) is 139 Å². The predicted molar refractivity (Wildman–Crippen MR) is 206 cm³/mol. The van der Waals surface area contributed by atoms with Crippen LogP contribution >= 0.6 is 0 Å². The van der Waals surface area contributed by atoms with E-state index in [2.05, 4.69) is 174 Å². The first-order chi connectivity index (χ1) is 23.6. The van der Waals surface area contributed by atoms with E-state index < -0.39 is 0 Å². The van der Waals surface area contributed by atoms with Crippen molar-refractivity contribution in [2.45, 2.75) is 58.8 Å². The second-order valence-electron chi connectivity index (χ2n) is 15.8. The van der Waals surface area contributed by atoms with Gasteiger partial charge < -0.3 is 4.90 Å². The van der Waals surface area contributed by atoms with Crippen LogP contribution in [-0.2, 0) is 10.8 Å². The summed E-state index contributed by atoms with van der Waals surface area (Å²) in [5.74, 6) is 0. The lowest BCUT2D eigenvalue weighted by Gasteiger charge is -2.47. The lowest BCUT2D eigenvalue weighted by Crippen LogP contribution is -2.36. The van der Waals surface area contributed by atoms with Crippen molar-refractivity contribution in [3.8, 4) is 22.3 Å². The summed E-state index contributed by atoms with van der Waals surface area (Å²) in [5.41, 5.74) is 22.9. The monoisotopic (exact) mass is 631 g/mol. The van der Waals surface area contributed by atoms with Crippen LogP contribution < -0.4 is 4.90 Å². The summed E-state index contributed by atoms with van der Waals surface area (Å²) < 4.78 is 0. The van der Waals surface area contributed by atoms with E-state index in [4.69, 9.17) is 0 Å². The van der Waals surface area contributed by atoms with Gasteiger partial charge in [0.25, 0.3) is 0 Å². The molecule has 238 valence electrons. The van der Waals surface area contributed by atoms with Crippen molar-refractivity contribution in [1.29, 1.82) is 0 Å². The molecule has 0 bridgehead atoms. The Kier molecular flexibility index (Phi) is 5.60. The minimum atomic E-state index is -0.264. The minimum absolute atomic E-state index is 0.0701. The number of aryl methyl sites for hydroxylation is 2. The molecule has 5 aromatic rings. The van der Waals surface area contributed by atoms with Gasteiger partial charge in [0.05, 0.1) is 16.8 Å². The molecule has 0 saturated carbocycles. The number of benzene rings is 5. The molecule has 49 heavy (non-hydrogen) atoms. The smallest absolute Gasteiger partial charge is 0.0591 e. The number of fused-ring (bicyclic) bond motifs is 3. The summed E-state index contributed by atoms with van der Waals surface area (Å²) in [4.78, 5) is 2.67. The third-order valence-corrected chi connectivity index (χ3v) is 12.5. The Labute approximate surface area is 290 Å². The molecule has 1 unspecified atom stereocenters. The Bertz CT molecular complexity index is 2440. The van der Waals surface area contributed by atoms with Gasteiger partial charge in [-0.15, -0.1) is 0 Å². The molecular formula is C48H41N. The number of hydrogen-bond acceptors (Lipinski definition) is 1. The summed E-state index contributed by atoms with van der Waals surface area (Å²) in [6.45, 7) is 14.1. The van der Waals surface area contributed by atoms with Gasteiger partial charge in [0.15, 0.2) is 0 Å². The van der Waals surface area contributed by atoms with Gasteiger partial charge in [0, 0.05) is 27.7 Å². The van der Waals surface area contributed by atoms with Gasteiger partial charge in [-0.2, -0.15) is 0 Å². The Balaban J connectivity index is 1.30. The normalized spacial score (nSPS) is 21.2. The van der Waals surface area contributed by atoms with Crippen molar-refractivity contribution in [2.75, 3.05) is 4.90 Å². The molecule has 1 heterocycles. The minimum Gasteiger partial charge on any atom is -0.312 e. The quantitative estimate of drug-likeness (QED) is 0.191. The fourth-order valence-corrected chi connectivity index (χ4v) is 10.2. The number of hydrogen-bond donors (Lipinski definition) is 0. The molecule has 0 saturated heterocycles.